The molecule has 0 atom stereocenters. The minimum Gasteiger partial charge on any atom is -0.481 e. The summed E-state index contributed by atoms with van der Waals surface area (Å²) in [7, 11) is 0. The van der Waals surface area contributed by atoms with Crippen LogP contribution in [0.5, 0.6) is 0 Å². The molecule has 0 radical (unpaired) electrons. The van der Waals surface area contributed by atoms with Gasteiger partial charge in [0.15, 0.2) is 0 Å². The van der Waals surface area contributed by atoms with E-state index in [4.69, 9.17) is 11.6 Å². The van der Waals surface area contributed by atoms with E-state index < -0.39 is 11.4 Å². The van der Waals surface area contributed by atoms with Gasteiger partial charge in [0.05, 0.1) is 11.4 Å². The summed E-state index contributed by atoms with van der Waals surface area (Å²) in [6, 6.07) is 5.74. The molecule has 1 aromatic heterocycles. The van der Waals surface area contributed by atoms with Crippen molar-refractivity contribution in [2.45, 2.75) is 25.7 Å². The number of hydrogen-bond donors (Lipinski definition) is 2. The third-order valence-electron chi connectivity index (χ3n) is 4.81. The van der Waals surface area contributed by atoms with Crippen LogP contribution in [0.25, 0.3) is 10.9 Å². The number of carboxylic acid groups (broad SMARTS) is 1. The first-order chi connectivity index (χ1) is 10.1. The van der Waals surface area contributed by atoms with Gasteiger partial charge in [0.1, 0.15) is 5.41 Å². The van der Waals surface area contributed by atoms with Crippen LogP contribution in [0.15, 0.2) is 23.2 Å². The minimum atomic E-state index is -0.792. The maximum Gasteiger partial charge on any atom is 0.315 e. The monoisotopic (exact) mass is 302 g/mol. The van der Waals surface area contributed by atoms with Crippen molar-refractivity contribution in [3.05, 3.63) is 34.5 Å². The summed E-state index contributed by atoms with van der Waals surface area (Å²) in [5.41, 5.74) is 3.00. The molecule has 4 rings (SSSR count). The van der Waals surface area contributed by atoms with E-state index in [-0.39, 0.29) is 0 Å². The number of nitrogens with one attached hydrogen (secondary N) is 1. The van der Waals surface area contributed by atoms with Crippen molar-refractivity contribution in [1.82, 2.24) is 4.98 Å². The average molecular weight is 303 g/mol. The van der Waals surface area contributed by atoms with Crippen LogP contribution in [0.4, 0.5) is 0 Å². The highest BCUT2D eigenvalue weighted by molar-refractivity contribution is 6.31. The van der Waals surface area contributed by atoms with Crippen molar-refractivity contribution in [1.29, 1.82) is 0 Å². The molecule has 0 amide bonds. The number of aliphatic carboxylic acids is 1. The molecule has 2 aliphatic rings. The molecule has 1 aliphatic carbocycles. The molecule has 2 aromatic rings. The van der Waals surface area contributed by atoms with E-state index in [1.807, 2.05) is 18.2 Å². The summed E-state index contributed by atoms with van der Waals surface area (Å²) < 4.78 is 0. The Labute approximate surface area is 126 Å². The zero-order valence-electron chi connectivity index (χ0n) is 11.4. The number of rotatable bonds is 2. The van der Waals surface area contributed by atoms with Gasteiger partial charge in [0.2, 0.25) is 0 Å². The lowest BCUT2D eigenvalue weighted by molar-refractivity contribution is -0.148. The molecular formula is C16H15ClN2O2. The Kier molecular flexibility index (Phi) is 2.67. The molecule has 0 saturated heterocycles. The maximum atomic E-state index is 11.8. The number of aromatic amines is 1. The Hall–Kier alpha value is -1.81. The van der Waals surface area contributed by atoms with Gasteiger partial charge < -0.3 is 10.1 Å². The highest BCUT2D eigenvalue weighted by atomic mass is 35.5. The summed E-state index contributed by atoms with van der Waals surface area (Å²) in [6.07, 6.45) is 3.13. The third kappa shape index (κ3) is 1.69. The van der Waals surface area contributed by atoms with Gasteiger partial charge in [-0.1, -0.05) is 18.0 Å². The summed E-state index contributed by atoms with van der Waals surface area (Å²) in [4.78, 5) is 19.7. The van der Waals surface area contributed by atoms with E-state index in [1.54, 1.807) is 0 Å². The SMILES string of the molecule is O=C(O)C1(C2=NCCc3c2[nH]c2ccc(Cl)cc32)CCC1. The van der Waals surface area contributed by atoms with Gasteiger partial charge in [0.25, 0.3) is 0 Å². The zero-order chi connectivity index (χ0) is 14.6. The number of benzene rings is 1. The van der Waals surface area contributed by atoms with E-state index in [9.17, 15) is 9.90 Å². The fraction of sp³-hybridized carbons (Fsp3) is 0.375. The fourth-order valence-electron chi connectivity index (χ4n) is 3.51. The first kappa shape index (κ1) is 12.9. The topological polar surface area (TPSA) is 65.4 Å². The van der Waals surface area contributed by atoms with Gasteiger partial charge in [-0.3, -0.25) is 9.79 Å². The van der Waals surface area contributed by atoms with E-state index in [0.717, 1.165) is 40.7 Å². The van der Waals surface area contributed by atoms with Gasteiger partial charge in [-0.05, 0) is 43.0 Å². The van der Waals surface area contributed by atoms with E-state index in [2.05, 4.69) is 9.98 Å². The van der Waals surface area contributed by atoms with Crippen molar-refractivity contribution in [3.8, 4) is 0 Å². The van der Waals surface area contributed by atoms with Crippen molar-refractivity contribution in [3.63, 3.8) is 0 Å². The van der Waals surface area contributed by atoms with Crippen LogP contribution >= 0.6 is 11.6 Å². The van der Waals surface area contributed by atoms with Crippen LogP contribution in [0.1, 0.15) is 30.5 Å². The Morgan fingerprint density at radius 2 is 2.19 bits per heavy atom. The van der Waals surface area contributed by atoms with Gasteiger partial charge in [-0.15, -0.1) is 0 Å². The first-order valence-electron chi connectivity index (χ1n) is 7.21. The second-order valence-corrected chi connectivity index (χ2v) is 6.33. The quantitative estimate of drug-likeness (QED) is 0.892. The number of H-pyrrole nitrogens is 1. The largest absolute Gasteiger partial charge is 0.481 e. The van der Waals surface area contributed by atoms with Crippen molar-refractivity contribution in [2.24, 2.45) is 10.4 Å². The second-order valence-electron chi connectivity index (χ2n) is 5.89. The molecule has 2 heterocycles. The Morgan fingerprint density at radius 3 is 2.86 bits per heavy atom. The number of nitrogens with zero attached hydrogens (tertiary/aromatic N) is 1. The van der Waals surface area contributed by atoms with Crippen molar-refractivity contribution >= 4 is 34.2 Å². The van der Waals surface area contributed by atoms with Crippen LogP contribution in [0, 0.1) is 5.41 Å². The lowest BCUT2D eigenvalue weighted by atomic mass is 9.64. The average Bonchev–Trinajstić information content (AvgIpc) is 2.76. The van der Waals surface area contributed by atoms with E-state index >= 15 is 0 Å². The number of fused-ring (bicyclic) bond motifs is 3. The fourth-order valence-corrected chi connectivity index (χ4v) is 3.69. The molecule has 1 aromatic carbocycles. The molecule has 2 N–H and O–H groups in total. The molecular weight excluding hydrogens is 288 g/mol. The summed E-state index contributed by atoms with van der Waals surface area (Å²) in [5.74, 6) is -0.753. The number of aliphatic imine (C=N–C) groups is 1. The molecule has 0 bridgehead atoms. The molecule has 4 nitrogen and oxygen atoms in total. The van der Waals surface area contributed by atoms with Gasteiger partial charge in [-0.25, -0.2) is 0 Å². The number of aromatic nitrogens is 1. The number of carbonyl (C=O) groups is 1. The number of halogens is 1. The smallest absolute Gasteiger partial charge is 0.315 e. The molecule has 1 aliphatic heterocycles. The molecule has 108 valence electrons. The van der Waals surface area contributed by atoms with Crippen LogP contribution < -0.4 is 0 Å². The van der Waals surface area contributed by atoms with Gasteiger partial charge in [-0.2, -0.15) is 0 Å². The molecule has 0 unspecified atom stereocenters. The van der Waals surface area contributed by atoms with Crippen molar-refractivity contribution in [2.75, 3.05) is 6.54 Å². The Bertz CT molecular complexity index is 787. The predicted molar refractivity (Wildman–Crippen MR) is 82.3 cm³/mol. The summed E-state index contributed by atoms with van der Waals surface area (Å²) in [5, 5.41) is 11.5. The lowest BCUT2D eigenvalue weighted by Gasteiger charge is -2.39. The van der Waals surface area contributed by atoms with Crippen LogP contribution in [-0.4, -0.2) is 28.3 Å². The Morgan fingerprint density at radius 1 is 1.38 bits per heavy atom. The third-order valence-corrected chi connectivity index (χ3v) is 5.04. The van der Waals surface area contributed by atoms with Gasteiger partial charge >= 0.3 is 5.97 Å². The lowest BCUT2D eigenvalue weighted by Crippen LogP contribution is -2.46. The first-order valence-corrected chi connectivity index (χ1v) is 7.58. The standard InChI is InChI=1S/C16H15ClN2O2/c17-9-2-3-12-11(8-9)10-4-7-18-14(13(10)19-12)16(15(20)21)5-1-6-16/h2-3,8,19H,1,4-7H2,(H,20,21). The second kappa shape index (κ2) is 4.34. The van der Waals surface area contributed by atoms with Crippen LogP contribution in [-0.2, 0) is 11.2 Å². The minimum absolute atomic E-state index is 0.650. The van der Waals surface area contributed by atoms with E-state index in [0.29, 0.717) is 24.4 Å². The molecule has 1 saturated carbocycles. The molecule has 5 heteroatoms. The van der Waals surface area contributed by atoms with Gasteiger partial charge in [0, 0.05) is 22.5 Å². The predicted octanol–water partition coefficient (Wildman–Crippen LogP) is 3.42. The van der Waals surface area contributed by atoms with Crippen LogP contribution in [0.3, 0.4) is 0 Å². The van der Waals surface area contributed by atoms with E-state index in [1.165, 1.54) is 0 Å². The maximum absolute atomic E-state index is 11.8. The molecule has 1 fully saturated rings. The summed E-state index contributed by atoms with van der Waals surface area (Å²) in [6.45, 7) is 0.650. The zero-order valence-corrected chi connectivity index (χ0v) is 12.2. The normalized spacial score (nSPS) is 19.8. The number of hydrogen-bond acceptors (Lipinski definition) is 2. The highest BCUT2D eigenvalue weighted by Crippen LogP contribution is 2.46. The highest BCUT2D eigenvalue weighted by Gasteiger charge is 2.50. The molecule has 21 heavy (non-hydrogen) atoms. The van der Waals surface area contributed by atoms with Crippen molar-refractivity contribution < 1.29 is 9.90 Å². The Balaban J connectivity index is 1.93. The van der Waals surface area contributed by atoms with Crippen LogP contribution in [0.2, 0.25) is 5.02 Å². The molecule has 0 spiro atoms. The summed E-state index contributed by atoms with van der Waals surface area (Å²) >= 11 is 6.10. The number of carboxylic acids is 1.